The summed E-state index contributed by atoms with van der Waals surface area (Å²) < 4.78 is 0. The van der Waals surface area contributed by atoms with Crippen molar-refractivity contribution >= 4 is 22.5 Å². The lowest BCUT2D eigenvalue weighted by Crippen LogP contribution is -2.37. The SMILES string of the molecule is Cc1ccc2ccccc2c1NC(=O)N1CC[C@H](N(C)C)C1. The highest BCUT2D eigenvalue weighted by Gasteiger charge is 2.27. The molecule has 2 amide bonds. The summed E-state index contributed by atoms with van der Waals surface area (Å²) >= 11 is 0. The number of carbonyl (C=O) groups is 1. The molecule has 0 aromatic heterocycles. The Morgan fingerprint density at radius 2 is 2.00 bits per heavy atom. The number of aryl methyl sites for hydroxylation is 1. The number of likely N-dealkylation sites (tertiary alicyclic amines) is 1. The molecule has 0 saturated carbocycles. The van der Waals surface area contributed by atoms with Gasteiger partial charge in [-0.2, -0.15) is 0 Å². The van der Waals surface area contributed by atoms with Crippen molar-refractivity contribution in [1.29, 1.82) is 0 Å². The normalized spacial score (nSPS) is 18.2. The van der Waals surface area contributed by atoms with Crippen LogP contribution in [0.15, 0.2) is 36.4 Å². The number of likely N-dealkylation sites (N-methyl/N-ethyl adjacent to an activating group) is 1. The fourth-order valence-corrected chi connectivity index (χ4v) is 3.08. The number of hydrogen-bond acceptors (Lipinski definition) is 2. The number of urea groups is 1. The molecule has 1 fully saturated rings. The summed E-state index contributed by atoms with van der Waals surface area (Å²) in [4.78, 5) is 16.7. The molecule has 0 unspecified atom stereocenters. The van der Waals surface area contributed by atoms with E-state index in [1.807, 2.05) is 24.0 Å². The minimum Gasteiger partial charge on any atom is -0.323 e. The molecule has 0 aliphatic carbocycles. The van der Waals surface area contributed by atoms with Crippen LogP contribution in [-0.2, 0) is 0 Å². The fourth-order valence-electron chi connectivity index (χ4n) is 3.08. The van der Waals surface area contributed by atoms with Gasteiger partial charge in [-0.25, -0.2) is 4.79 Å². The molecule has 1 N–H and O–H groups in total. The average Bonchev–Trinajstić information content (AvgIpc) is 3.00. The van der Waals surface area contributed by atoms with E-state index < -0.39 is 0 Å². The maximum Gasteiger partial charge on any atom is 0.321 e. The van der Waals surface area contributed by atoms with Gasteiger partial charge in [-0.05, 0) is 38.4 Å². The van der Waals surface area contributed by atoms with Gasteiger partial charge in [0, 0.05) is 24.5 Å². The van der Waals surface area contributed by atoms with Crippen LogP contribution in [0.1, 0.15) is 12.0 Å². The summed E-state index contributed by atoms with van der Waals surface area (Å²) in [5, 5.41) is 5.37. The summed E-state index contributed by atoms with van der Waals surface area (Å²) in [7, 11) is 4.14. The first-order valence-electron chi connectivity index (χ1n) is 7.77. The Morgan fingerprint density at radius 3 is 2.73 bits per heavy atom. The molecule has 1 aliphatic rings. The Balaban J connectivity index is 1.82. The van der Waals surface area contributed by atoms with Crippen molar-refractivity contribution in [3.8, 4) is 0 Å². The zero-order valence-corrected chi connectivity index (χ0v) is 13.5. The first kappa shape index (κ1) is 14.9. The van der Waals surface area contributed by atoms with Crippen LogP contribution in [0.5, 0.6) is 0 Å². The molecule has 116 valence electrons. The van der Waals surface area contributed by atoms with Gasteiger partial charge in [-0.1, -0.05) is 36.4 Å². The summed E-state index contributed by atoms with van der Waals surface area (Å²) in [5.41, 5.74) is 2.02. The number of benzene rings is 2. The first-order chi connectivity index (χ1) is 10.6. The topological polar surface area (TPSA) is 35.6 Å². The van der Waals surface area contributed by atoms with Crippen LogP contribution in [0.2, 0.25) is 0 Å². The number of anilines is 1. The largest absolute Gasteiger partial charge is 0.323 e. The summed E-state index contributed by atoms with van der Waals surface area (Å²) in [6.07, 6.45) is 1.04. The van der Waals surface area contributed by atoms with Crippen LogP contribution < -0.4 is 5.32 Å². The fraction of sp³-hybridized carbons (Fsp3) is 0.389. The second kappa shape index (κ2) is 5.97. The smallest absolute Gasteiger partial charge is 0.321 e. The van der Waals surface area contributed by atoms with Gasteiger partial charge in [0.2, 0.25) is 0 Å². The predicted molar refractivity (Wildman–Crippen MR) is 91.4 cm³/mol. The van der Waals surface area contributed by atoms with Gasteiger partial charge >= 0.3 is 6.03 Å². The monoisotopic (exact) mass is 297 g/mol. The van der Waals surface area contributed by atoms with Gasteiger partial charge in [-0.15, -0.1) is 0 Å². The molecule has 22 heavy (non-hydrogen) atoms. The first-order valence-corrected chi connectivity index (χ1v) is 7.77. The third kappa shape index (κ3) is 2.79. The molecular weight excluding hydrogens is 274 g/mol. The number of carbonyl (C=O) groups excluding carboxylic acids is 1. The van der Waals surface area contributed by atoms with Crippen LogP contribution in [0, 0.1) is 6.92 Å². The second-order valence-electron chi connectivity index (χ2n) is 6.26. The van der Waals surface area contributed by atoms with Crippen molar-refractivity contribution in [3.63, 3.8) is 0 Å². The molecule has 0 radical (unpaired) electrons. The van der Waals surface area contributed by atoms with Crippen LogP contribution in [0.3, 0.4) is 0 Å². The number of hydrogen-bond donors (Lipinski definition) is 1. The molecule has 1 atom stereocenters. The molecule has 2 aromatic rings. The molecule has 3 rings (SSSR count). The van der Waals surface area contributed by atoms with Crippen LogP contribution in [0.4, 0.5) is 10.5 Å². The maximum atomic E-state index is 12.6. The molecule has 1 saturated heterocycles. The van der Waals surface area contributed by atoms with E-state index in [1.54, 1.807) is 0 Å². The van der Waals surface area contributed by atoms with Gasteiger partial charge < -0.3 is 15.1 Å². The molecule has 0 bridgehead atoms. The Morgan fingerprint density at radius 1 is 1.23 bits per heavy atom. The van der Waals surface area contributed by atoms with Gasteiger partial charge in [-0.3, -0.25) is 0 Å². The Labute approximate surface area is 131 Å². The van der Waals surface area contributed by atoms with Crippen molar-refractivity contribution in [2.45, 2.75) is 19.4 Å². The Kier molecular flexibility index (Phi) is 4.03. The summed E-state index contributed by atoms with van der Waals surface area (Å²) in [6.45, 7) is 3.65. The van der Waals surface area contributed by atoms with Crippen molar-refractivity contribution in [2.24, 2.45) is 0 Å². The molecule has 1 aliphatic heterocycles. The van der Waals surface area contributed by atoms with E-state index in [2.05, 4.69) is 48.6 Å². The third-order valence-electron chi connectivity index (χ3n) is 4.55. The van der Waals surface area contributed by atoms with Gasteiger partial charge in [0.15, 0.2) is 0 Å². The van der Waals surface area contributed by atoms with E-state index >= 15 is 0 Å². The zero-order valence-electron chi connectivity index (χ0n) is 13.5. The van der Waals surface area contributed by atoms with Crippen LogP contribution >= 0.6 is 0 Å². The zero-order chi connectivity index (χ0) is 15.7. The van der Waals surface area contributed by atoms with Crippen molar-refractivity contribution < 1.29 is 4.79 Å². The van der Waals surface area contributed by atoms with Crippen molar-refractivity contribution in [3.05, 3.63) is 42.0 Å². The lowest BCUT2D eigenvalue weighted by Gasteiger charge is -2.21. The summed E-state index contributed by atoms with van der Waals surface area (Å²) in [6, 6.07) is 12.8. The third-order valence-corrected chi connectivity index (χ3v) is 4.55. The van der Waals surface area contributed by atoms with Crippen molar-refractivity contribution in [1.82, 2.24) is 9.80 Å². The van der Waals surface area contributed by atoms with Crippen LogP contribution in [-0.4, -0.2) is 49.1 Å². The van der Waals surface area contributed by atoms with Gasteiger partial charge in [0.25, 0.3) is 0 Å². The molecule has 4 nitrogen and oxygen atoms in total. The van der Waals surface area contributed by atoms with E-state index in [9.17, 15) is 4.79 Å². The molecule has 4 heteroatoms. The second-order valence-corrected chi connectivity index (χ2v) is 6.26. The van der Waals surface area contributed by atoms with E-state index in [1.165, 1.54) is 0 Å². The minimum atomic E-state index is 0.00352. The molecular formula is C18H23N3O. The Bertz CT molecular complexity index is 696. The predicted octanol–water partition coefficient (Wildman–Crippen LogP) is 3.32. The van der Waals surface area contributed by atoms with E-state index in [-0.39, 0.29) is 6.03 Å². The molecule has 0 spiro atoms. The number of nitrogens with zero attached hydrogens (tertiary/aromatic N) is 2. The highest BCUT2D eigenvalue weighted by molar-refractivity contribution is 6.03. The molecule has 1 heterocycles. The van der Waals surface area contributed by atoms with E-state index in [0.717, 1.165) is 41.5 Å². The lowest BCUT2D eigenvalue weighted by molar-refractivity contribution is 0.216. The Hall–Kier alpha value is -2.07. The number of nitrogens with one attached hydrogen (secondary N) is 1. The number of rotatable bonds is 2. The molecule has 2 aromatic carbocycles. The highest BCUT2D eigenvalue weighted by Crippen LogP contribution is 2.27. The van der Waals surface area contributed by atoms with Gasteiger partial charge in [0.05, 0.1) is 5.69 Å². The van der Waals surface area contributed by atoms with Crippen LogP contribution in [0.25, 0.3) is 10.8 Å². The minimum absolute atomic E-state index is 0.00352. The highest BCUT2D eigenvalue weighted by atomic mass is 16.2. The van der Waals surface area contributed by atoms with Gasteiger partial charge in [0.1, 0.15) is 0 Å². The van der Waals surface area contributed by atoms with E-state index in [4.69, 9.17) is 0 Å². The summed E-state index contributed by atoms with van der Waals surface area (Å²) in [5.74, 6) is 0. The van der Waals surface area contributed by atoms with E-state index in [0.29, 0.717) is 6.04 Å². The quantitative estimate of drug-likeness (QED) is 0.923. The lowest BCUT2D eigenvalue weighted by atomic mass is 10.0. The average molecular weight is 297 g/mol. The maximum absolute atomic E-state index is 12.6. The van der Waals surface area contributed by atoms with Crippen molar-refractivity contribution in [2.75, 3.05) is 32.5 Å². The number of fused-ring (bicyclic) bond motifs is 1. The number of amides is 2. The standard InChI is InChI=1S/C18H23N3O/c1-13-8-9-14-6-4-5-7-16(14)17(13)19-18(22)21-11-10-15(12-21)20(2)3/h4-9,15H,10-12H2,1-3H3,(H,19,22)/t15-/m0/s1.